The lowest BCUT2D eigenvalue weighted by atomic mass is 9.97. The average molecular weight is 194 g/mol. The van der Waals surface area contributed by atoms with Crippen LogP contribution < -0.4 is 0 Å². The number of thiophene rings is 1. The van der Waals surface area contributed by atoms with Crippen LogP contribution in [0.3, 0.4) is 0 Å². The molecule has 1 aliphatic rings. The Kier molecular flexibility index (Phi) is 2.24. The van der Waals surface area contributed by atoms with Gasteiger partial charge in [0.25, 0.3) is 0 Å². The summed E-state index contributed by atoms with van der Waals surface area (Å²) >= 11 is 1.83. The summed E-state index contributed by atoms with van der Waals surface area (Å²) in [6.07, 6.45) is 2.91. The zero-order valence-corrected chi connectivity index (χ0v) is 8.91. The Bertz CT molecular complexity index is 336. The molecule has 1 aromatic rings. The molecule has 0 fully saturated rings. The van der Waals surface area contributed by atoms with Gasteiger partial charge in [0, 0.05) is 21.7 Å². The van der Waals surface area contributed by atoms with Gasteiger partial charge in [0.2, 0.25) is 0 Å². The first-order valence-corrected chi connectivity index (χ1v) is 5.66. The number of carbonyl (C=O) groups is 1. The van der Waals surface area contributed by atoms with Crippen molar-refractivity contribution in [3.8, 4) is 0 Å². The SMILES string of the molecule is CC(C)c1cc2c(s1)CCCC2=O. The van der Waals surface area contributed by atoms with E-state index in [2.05, 4.69) is 19.9 Å². The lowest BCUT2D eigenvalue weighted by Crippen LogP contribution is -2.06. The Balaban J connectivity index is 2.42. The lowest BCUT2D eigenvalue weighted by molar-refractivity contribution is 0.0973. The first kappa shape index (κ1) is 8.95. The molecule has 1 heterocycles. The monoisotopic (exact) mass is 194 g/mol. The number of aryl methyl sites for hydroxylation is 1. The number of carbonyl (C=O) groups excluding carboxylic acids is 1. The summed E-state index contributed by atoms with van der Waals surface area (Å²) in [6, 6.07) is 2.10. The molecule has 0 aromatic carbocycles. The van der Waals surface area contributed by atoms with Crippen LogP contribution in [0, 0.1) is 0 Å². The Labute approximate surface area is 82.8 Å². The minimum absolute atomic E-state index is 0.351. The first-order chi connectivity index (χ1) is 6.18. The van der Waals surface area contributed by atoms with Crippen LogP contribution in [0.1, 0.15) is 52.7 Å². The second-order valence-electron chi connectivity index (χ2n) is 3.92. The fourth-order valence-electron chi connectivity index (χ4n) is 1.70. The molecule has 0 saturated heterocycles. The maximum absolute atomic E-state index is 11.5. The number of hydrogen-bond donors (Lipinski definition) is 0. The quantitative estimate of drug-likeness (QED) is 0.669. The predicted octanol–water partition coefficient (Wildman–Crippen LogP) is 3.39. The highest BCUT2D eigenvalue weighted by atomic mass is 32.1. The van der Waals surface area contributed by atoms with Crippen molar-refractivity contribution in [1.29, 1.82) is 0 Å². The molecule has 13 heavy (non-hydrogen) atoms. The summed E-state index contributed by atoms with van der Waals surface area (Å²) in [5, 5.41) is 0. The molecule has 0 radical (unpaired) electrons. The van der Waals surface area contributed by atoms with Gasteiger partial charge in [-0.15, -0.1) is 11.3 Å². The van der Waals surface area contributed by atoms with Crippen molar-refractivity contribution in [3.63, 3.8) is 0 Å². The second-order valence-corrected chi connectivity index (χ2v) is 5.09. The van der Waals surface area contributed by atoms with E-state index < -0.39 is 0 Å². The fourth-order valence-corrected chi connectivity index (χ4v) is 2.93. The number of fused-ring (bicyclic) bond motifs is 1. The van der Waals surface area contributed by atoms with Crippen LogP contribution in [0.15, 0.2) is 6.07 Å². The first-order valence-electron chi connectivity index (χ1n) is 4.84. The van der Waals surface area contributed by atoms with E-state index in [0.29, 0.717) is 11.7 Å². The Hall–Kier alpha value is -0.630. The maximum atomic E-state index is 11.5. The van der Waals surface area contributed by atoms with Gasteiger partial charge in [-0.25, -0.2) is 0 Å². The van der Waals surface area contributed by atoms with Gasteiger partial charge in [-0.1, -0.05) is 13.8 Å². The van der Waals surface area contributed by atoms with E-state index in [9.17, 15) is 4.79 Å². The molecule has 2 heteroatoms. The van der Waals surface area contributed by atoms with E-state index >= 15 is 0 Å². The van der Waals surface area contributed by atoms with Gasteiger partial charge in [0.1, 0.15) is 0 Å². The fraction of sp³-hybridized carbons (Fsp3) is 0.545. The molecule has 0 bridgehead atoms. The van der Waals surface area contributed by atoms with Gasteiger partial charge < -0.3 is 0 Å². The summed E-state index contributed by atoms with van der Waals surface area (Å²) in [5.41, 5.74) is 1.01. The molecule has 1 aromatic heterocycles. The highest BCUT2D eigenvalue weighted by molar-refractivity contribution is 7.12. The topological polar surface area (TPSA) is 17.1 Å². The van der Waals surface area contributed by atoms with E-state index in [1.165, 1.54) is 9.75 Å². The number of ketones is 1. The van der Waals surface area contributed by atoms with Gasteiger partial charge in [-0.3, -0.25) is 4.79 Å². The van der Waals surface area contributed by atoms with Crippen molar-refractivity contribution >= 4 is 17.1 Å². The highest BCUT2D eigenvalue weighted by Gasteiger charge is 2.20. The van der Waals surface area contributed by atoms with Crippen molar-refractivity contribution in [3.05, 3.63) is 21.4 Å². The highest BCUT2D eigenvalue weighted by Crippen LogP contribution is 2.33. The third kappa shape index (κ3) is 1.55. The molecule has 0 atom stereocenters. The van der Waals surface area contributed by atoms with Crippen LogP contribution in [0.4, 0.5) is 0 Å². The van der Waals surface area contributed by atoms with Gasteiger partial charge >= 0.3 is 0 Å². The van der Waals surface area contributed by atoms with E-state index in [4.69, 9.17) is 0 Å². The summed E-state index contributed by atoms with van der Waals surface area (Å²) in [5.74, 6) is 0.910. The largest absolute Gasteiger partial charge is 0.294 e. The Morgan fingerprint density at radius 2 is 2.15 bits per heavy atom. The maximum Gasteiger partial charge on any atom is 0.164 e. The number of rotatable bonds is 1. The van der Waals surface area contributed by atoms with Crippen LogP contribution >= 0.6 is 11.3 Å². The zero-order valence-electron chi connectivity index (χ0n) is 8.09. The van der Waals surface area contributed by atoms with Gasteiger partial charge in [0.15, 0.2) is 5.78 Å². The Morgan fingerprint density at radius 3 is 2.77 bits per heavy atom. The summed E-state index contributed by atoms with van der Waals surface area (Å²) in [6.45, 7) is 4.36. The summed E-state index contributed by atoms with van der Waals surface area (Å²) in [4.78, 5) is 14.2. The smallest absolute Gasteiger partial charge is 0.164 e. The molecule has 0 amide bonds. The minimum atomic E-state index is 0.351. The van der Waals surface area contributed by atoms with Crippen molar-refractivity contribution in [2.45, 2.75) is 39.0 Å². The molecular formula is C11H14OS. The standard InChI is InChI=1S/C11H14OS/c1-7(2)11-6-8-9(12)4-3-5-10(8)13-11/h6-7H,3-5H2,1-2H3. The molecule has 2 rings (SSSR count). The normalized spacial score (nSPS) is 16.4. The third-order valence-corrected chi connectivity index (χ3v) is 4.00. The minimum Gasteiger partial charge on any atom is -0.294 e. The number of hydrogen-bond acceptors (Lipinski definition) is 2. The molecule has 0 N–H and O–H groups in total. The van der Waals surface area contributed by atoms with E-state index in [0.717, 1.165) is 24.8 Å². The summed E-state index contributed by atoms with van der Waals surface area (Å²) in [7, 11) is 0. The van der Waals surface area contributed by atoms with Crippen LogP contribution in [0.25, 0.3) is 0 Å². The molecule has 1 nitrogen and oxygen atoms in total. The summed E-state index contributed by atoms with van der Waals surface area (Å²) < 4.78 is 0. The molecular weight excluding hydrogens is 180 g/mol. The third-order valence-electron chi connectivity index (χ3n) is 2.51. The predicted molar refractivity (Wildman–Crippen MR) is 55.7 cm³/mol. The molecule has 70 valence electrons. The lowest BCUT2D eigenvalue weighted by Gasteiger charge is -2.07. The molecule has 0 saturated carbocycles. The van der Waals surface area contributed by atoms with Crippen LogP contribution in [-0.4, -0.2) is 5.78 Å². The van der Waals surface area contributed by atoms with Gasteiger partial charge in [0.05, 0.1) is 0 Å². The molecule has 0 aliphatic heterocycles. The zero-order chi connectivity index (χ0) is 9.42. The van der Waals surface area contributed by atoms with Crippen LogP contribution in [-0.2, 0) is 6.42 Å². The second kappa shape index (κ2) is 3.26. The van der Waals surface area contributed by atoms with Gasteiger partial charge in [-0.05, 0) is 24.8 Å². The van der Waals surface area contributed by atoms with E-state index in [1.807, 2.05) is 11.3 Å². The van der Waals surface area contributed by atoms with Crippen LogP contribution in [0.2, 0.25) is 0 Å². The van der Waals surface area contributed by atoms with Crippen molar-refractivity contribution in [2.75, 3.05) is 0 Å². The molecule has 1 aliphatic carbocycles. The van der Waals surface area contributed by atoms with Crippen molar-refractivity contribution in [1.82, 2.24) is 0 Å². The number of Topliss-reactive ketones (excluding diaryl/α,β-unsaturated/α-hetero) is 1. The van der Waals surface area contributed by atoms with Gasteiger partial charge in [-0.2, -0.15) is 0 Å². The van der Waals surface area contributed by atoms with E-state index in [1.54, 1.807) is 0 Å². The van der Waals surface area contributed by atoms with Crippen molar-refractivity contribution < 1.29 is 4.79 Å². The van der Waals surface area contributed by atoms with E-state index in [-0.39, 0.29) is 0 Å². The van der Waals surface area contributed by atoms with Crippen molar-refractivity contribution in [2.24, 2.45) is 0 Å². The molecule has 0 spiro atoms. The average Bonchev–Trinajstić information content (AvgIpc) is 2.49. The van der Waals surface area contributed by atoms with Crippen LogP contribution in [0.5, 0.6) is 0 Å². The Morgan fingerprint density at radius 1 is 1.38 bits per heavy atom. The molecule has 0 unspecified atom stereocenters.